The van der Waals surface area contributed by atoms with Gasteiger partial charge in [0.2, 0.25) is 0 Å². The van der Waals surface area contributed by atoms with Gasteiger partial charge in [0.1, 0.15) is 0 Å². The van der Waals surface area contributed by atoms with Gasteiger partial charge in [-0.1, -0.05) is 0 Å². The van der Waals surface area contributed by atoms with Gasteiger partial charge in [-0.05, 0) is 25.7 Å². The summed E-state index contributed by atoms with van der Waals surface area (Å²) in [5, 5.41) is 16.9. The van der Waals surface area contributed by atoms with Crippen LogP contribution in [0.25, 0.3) is 0 Å². The smallest absolute Gasteiger partial charge is 0.0806 e. The summed E-state index contributed by atoms with van der Waals surface area (Å²) >= 11 is 0. The van der Waals surface area contributed by atoms with Crippen molar-refractivity contribution in [1.82, 2.24) is 0 Å². The third-order valence-electron chi connectivity index (χ3n) is 2.46. The minimum absolute atomic E-state index is 0. The molecule has 2 N–H and O–H groups in total. The maximum Gasteiger partial charge on any atom is 0.0806 e. The van der Waals surface area contributed by atoms with E-state index in [1.807, 2.05) is 0 Å². The average Bonchev–Trinajstić information content (AvgIpc) is 2.92. The van der Waals surface area contributed by atoms with E-state index in [0.29, 0.717) is 0 Å². The summed E-state index contributed by atoms with van der Waals surface area (Å²) in [5.74, 6) is 0. The molecule has 0 aliphatic carbocycles. The summed E-state index contributed by atoms with van der Waals surface area (Å²) in [6.07, 6.45) is 4.61. The molecule has 0 aromatic heterocycles. The molecule has 86 valence electrons. The Morgan fingerprint density at radius 3 is 1.40 bits per heavy atom. The van der Waals surface area contributed by atoms with Crippen LogP contribution in [0.4, 0.5) is 0 Å². The minimum atomic E-state index is 0. The van der Waals surface area contributed by atoms with E-state index in [1.54, 1.807) is 0 Å². The van der Waals surface area contributed by atoms with Gasteiger partial charge in [-0.25, -0.2) is 0 Å². The largest absolute Gasteiger partial charge is 0.394 e. The predicted octanol–water partition coefficient (Wildman–Crippen LogP) is -0.0654. The van der Waals surface area contributed by atoms with E-state index in [0.717, 1.165) is 38.9 Å². The molecule has 0 aromatic carbocycles. The van der Waals surface area contributed by atoms with E-state index < -0.39 is 0 Å². The van der Waals surface area contributed by atoms with Crippen molar-refractivity contribution >= 4 is 48.9 Å². The minimum Gasteiger partial charge on any atom is -0.394 e. The van der Waals surface area contributed by atoms with Gasteiger partial charge in [0.15, 0.2) is 0 Å². The maximum atomic E-state index is 8.44. The molecule has 2 radical (unpaired) electrons. The molecule has 2 heterocycles. The predicted molar refractivity (Wildman–Crippen MR) is 57.9 cm³/mol. The van der Waals surface area contributed by atoms with Crippen LogP contribution in [0.5, 0.6) is 0 Å². The van der Waals surface area contributed by atoms with Crippen LogP contribution in [0.15, 0.2) is 0 Å². The van der Waals surface area contributed by atoms with E-state index in [-0.39, 0.29) is 74.3 Å². The Kier molecular flexibility index (Phi) is 11.6. The van der Waals surface area contributed by atoms with Crippen molar-refractivity contribution in [3.8, 4) is 0 Å². The first-order valence-electron chi connectivity index (χ1n) is 5.31. The molecule has 0 spiro atoms. The average molecular weight is 342 g/mol. The van der Waals surface area contributed by atoms with Gasteiger partial charge in [-0.2, -0.15) is 0 Å². The Bertz CT molecular complexity index is 117. The Labute approximate surface area is 131 Å². The Hall–Kier alpha value is 1.41. The summed E-state index contributed by atoms with van der Waals surface area (Å²) in [7, 11) is 0. The van der Waals surface area contributed by atoms with Gasteiger partial charge in [0, 0.05) is 62.1 Å². The molecule has 2 aliphatic rings. The molecule has 0 aromatic rings. The zero-order valence-corrected chi connectivity index (χ0v) is 13.7. The first-order valence-corrected chi connectivity index (χ1v) is 5.31. The van der Waals surface area contributed by atoms with Gasteiger partial charge in [-0.15, -0.1) is 0 Å². The molecule has 2 aliphatic heterocycles. The summed E-state index contributed by atoms with van der Waals surface area (Å²) in [4.78, 5) is 0. The molecule has 0 amide bonds. The molecule has 0 bridgehead atoms. The Morgan fingerprint density at radius 2 is 1.27 bits per heavy atom. The monoisotopic (exact) mass is 342 g/mol. The molecule has 4 nitrogen and oxygen atoms in total. The number of hydrogen-bond acceptors (Lipinski definition) is 4. The number of aliphatic hydroxyl groups excluding tert-OH is 2. The van der Waals surface area contributed by atoms with Gasteiger partial charge in [0.25, 0.3) is 0 Å². The summed E-state index contributed by atoms with van der Waals surface area (Å²) < 4.78 is 10.1. The normalized spacial score (nSPS) is 29.2. The van der Waals surface area contributed by atoms with Crippen LogP contribution in [0, 0.1) is 0 Å². The number of hydrogen-bond donors (Lipinski definition) is 2. The molecule has 2 saturated heterocycles. The first kappa shape index (κ1) is 16.4. The Morgan fingerprint density at radius 1 is 0.867 bits per heavy atom. The van der Waals surface area contributed by atoms with Crippen LogP contribution >= 0.6 is 0 Å². The second kappa shape index (κ2) is 10.6. The fourth-order valence-corrected chi connectivity index (χ4v) is 1.58. The van der Waals surface area contributed by atoms with Crippen LogP contribution in [0.2, 0.25) is 0 Å². The second-order valence-corrected chi connectivity index (χ2v) is 3.64. The van der Waals surface area contributed by atoms with Gasteiger partial charge >= 0.3 is 0 Å². The summed E-state index contributed by atoms with van der Waals surface area (Å²) in [5.41, 5.74) is 0. The van der Waals surface area contributed by atoms with Crippen LogP contribution in [-0.4, -0.2) is 97.7 Å². The fraction of sp³-hybridized carbons (Fsp3) is 1.00. The van der Waals surface area contributed by atoms with E-state index >= 15 is 0 Å². The molecular formula is C10H20BaO4. The third-order valence-corrected chi connectivity index (χ3v) is 2.46. The van der Waals surface area contributed by atoms with Gasteiger partial charge < -0.3 is 19.7 Å². The summed E-state index contributed by atoms with van der Waals surface area (Å²) in [6.45, 7) is 2.07. The molecule has 5 heteroatoms. The van der Waals surface area contributed by atoms with E-state index in [1.165, 1.54) is 0 Å². The van der Waals surface area contributed by atoms with Crippen molar-refractivity contribution in [3.63, 3.8) is 0 Å². The van der Waals surface area contributed by atoms with Crippen molar-refractivity contribution in [2.75, 3.05) is 26.4 Å². The maximum absolute atomic E-state index is 8.44. The summed E-state index contributed by atoms with van der Waals surface area (Å²) in [6, 6.07) is 0. The van der Waals surface area contributed by atoms with Crippen molar-refractivity contribution in [3.05, 3.63) is 0 Å². The Balaban J connectivity index is 0.000000245. The molecule has 2 unspecified atom stereocenters. The van der Waals surface area contributed by atoms with Crippen molar-refractivity contribution in [1.29, 1.82) is 0 Å². The van der Waals surface area contributed by atoms with Crippen molar-refractivity contribution in [2.24, 2.45) is 0 Å². The van der Waals surface area contributed by atoms with Crippen molar-refractivity contribution < 1.29 is 19.7 Å². The number of rotatable bonds is 2. The molecule has 2 fully saturated rings. The molecule has 0 saturated carbocycles. The number of ether oxygens (including phenoxy) is 2. The molecular weight excluding hydrogens is 321 g/mol. The van der Waals surface area contributed by atoms with Crippen LogP contribution in [0.3, 0.4) is 0 Å². The van der Waals surface area contributed by atoms with E-state index in [2.05, 4.69) is 0 Å². The first-order chi connectivity index (χ1) is 6.86. The number of aliphatic hydroxyl groups is 2. The van der Waals surface area contributed by atoms with Gasteiger partial charge in [0.05, 0.1) is 25.4 Å². The zero-order chi connectivity index (χ0) is 10.2. The van der Waals surface area contributed by atoms with Crippen molar-refractivity contribution in [2.45, 2.75) is 37.9 Å². The van der Waals surface area contributed by atoms with Gasteiger partial charge in [-0.3, -0.25) is 0 Å². The standard InChI is InChI=1S/2C5H10O2.Ba/c2*6-4-5-2-1-3-7-5;/h2*5-6H,1-4H2;. The molecule has 2 atom stereocenters. The third kappa shape index (κ3) is 7.36. The fourth-order valence-electron chi connectivity index (χ4n) is 1.58. The molecule has 15 heavy (non-hydrogen) atoms. The molecule has 2 rings (SSSR count). The second-order valence-electron chi connectivity index (χ2n) is 3.64. The quantitative estimate of drug-likeness (QED) is 0.691. The SMILES string of the molecule is OCC1CCCO1.OCC1CCCO1.[Ba]. The van der Waals surface area contributed by atoms with E-state index in [4.69, 9.17) is 19.7 Å². The zero-order valence-electron chi connectivity index (χ0n) is 9.23. The van der Waals surface area contributed by atoms with Crippen LogP contribution in [0.1, 0.15) is 25.7 Å². The van der Waals surface area contributed by atoms with Crippen LogP contribution in [-0.2, 0) is 9.47 Å². The van der Waals surface area contributed by atoms with Crippen LogP contribution < -0.4 is 0 Å². The van der Waals surface area contributed by atoms with E-state index in [9.17, 15) is 0 Å². The topological polar surface area (TPSA) is 58.9 Å².